The van der Waals surface area contributed by atoms with Crippen molar-refractivity contribution in [3.8, 4) is 0 Å². The molecule has 0 radical (unpaired) electrons. The van der Waals surface area contributed by atoms with Crippen LogP contribution in [0.15, 0.2) is 78.4 Å². The Morgan fingerprint density at radius 3 is 2.32 bits per heavy atom. The second kappa shape index (κ2) is 10.1. The number of piperidine rings is 1. The predicted octanol–water partition coefficient (Wildman–Crippen LogP) is 5.55. The third kappa shape index (κ3) is 5.16. The minimum absolute atomic E-state index is 0.128. The van der Waals surface area contributed by atoms with Crippen LogP contribution in [0.25, 0.3) is 5.57 Å². The molecule has 4 rings (SSSR count). The van der Waals surface area contributed by atoms with Crippen LogP contribution in [0, 0.1) is 5.92 Å². The number of carbonyl (C=O) groups excluding carboxylic acids is 1. The van der Waals surface area contributed by atoms with Crippen molar-refractivity contribution in [3.63, 3.8) is 0 Å². The standard InChI is InChI=1S/C28H34N2O/c1-22(29-18-10-5-11-19-29)16-17-26-21-30(20-24-12-6-3-7-13-24)28(31)27(26)23(2)25-14-8-4-9-15-25/h3-4,6-9,12-17,22,26H,5,10-11,18-21H2,1-2H3/b17-16+,27-23+. The van der Waals surface area contributed by atoms with Gasteiger partial charge in [0.25, 0.3) is 5.91 Å². The van der Waals surface area contributed by atoms with E-state index in [1.165, 1.54) is 37.9 Å². The van der Waals surface area contributed by atoms with Gasteiger partial charge < -0.3 is 4.90 Å². The van der Waals surface area contributed by atoms with Crippen LogP contribution >= 0.6 is 0 Å². The summed E-state index contributed by atoms with van der Waals surface area (Å²) in [6.07, 6.45) is 8.56. The third-order valence-electron chi connectivity index (χ3n) is 6.72. The van der Waals surface area contributed by atoms with Gasteiger partial charge in [0.2, 0.25) is 0 Å². The molecule has 2 fully saturated rings. The van der Waals surface area contributed by atoms with Crippen molar-refractivity contribution in [1.82, 2.24) is 9.80 Å². The lowest BCUT2D eigenvalue weighted by Crippen LogP contribution is -2.36. The molecule has 2 aromatic rings. The van der Waals surface area contributed by atoms with Crippen molar-refractivity contribution in [2.75, 3.05) is 19.6 Å². The van der Waals surface area contributed by atoms with E-state index < -0.39 is 0 Å². The van der Waals surface area contributed by atoms with E-state index in [4.69, 9.17) is 0 Å². The summed E-state index contributed by atoms with van der Waals surface area (Å²) in [4.78, 5) is 18.1. The first-order valence-electron chi connectivity index (χ1n) is 11.7. The molecule has 31 heavy (non-hydrogen) atoms. The predicted molar refractivity (Wildman–Crippen MR) is 128 cm³/mol. The minimum atomic E-state index is 0.128. The van der Waals surface area contributed by atoms with Gasteiger partial charge >= 0.3 is 0 Å². The summed E-state index contributed by atoms with van der Waals surface area (Å²) in [6, 6.07) is 21.0. The molecule has 2 heterocycles. The summed E-state index contributed by atoms with van der Waals surface area (Å²) >= 11 is 0. The first-order valence-corrected chi connectivity index (χ1v) is 11.7. The van der Waals surface area contributed by atoms with Crippen molar-refractivity contribution < 1.29 is 4.79 Å². The van der Waals surface area contributed by atoms with Crippen LogP contribution in [0.5, 0.6) is 0 Å². The average molecular weight is 415 g/mol. The summed E-state index contributed by atoms with van der Waals surface area (Å²) in [5, 5.41) is 0. The van der Waals surface area contributed by atoms with Gasteiger partial charge in [-0.05, 0) is 56.5 Å². The van der Waals surface area contributed by atoms with Crippen molar-refractivity contribution in [1.29, 1.82) is 0 Å². The maximum Gasteiger partial charge on any atom is 0.251 e. The Kier molecular flexibility index (Phi) is 7.03. The zero-order chi connectivity index (χ0) is 21.6. The van der Waals surface area contributed by atoms with Gasteiger partial charge in [-0.15, -0.1) is 0 Å². The van der Waals surface area contributed by atoms with Crippen LogP contribution in [-0.2, 0) is 11.3 Å². The second-order valence-corrected chi connectivity index (χ2v) is 8.90. The number of allylic oxidation sites excluding steroid dienone is 1. The van der Waals surface area contributed by atoms with Gasteiger partial charge in [0, 0.05) is 30.6 Å². The van der Waals surface area contributed by atoms with Crippen LogP contribution in [0.4, 0.5) is 0 Å². The molecule has 1 amide bonds. The molecule has 0 spiro atoms. The summed E-state index contributed by atoms with van der Waals surface area (Å²) in [5.41, 5.74) is 4.36. The van der Waals surface area contributed by atoms with Gasteiger partial charge in [0.05, 0.1) is 0 Å². The monoisotopic (exact) mass is 414 g/mol. The first kappa shape index (κ1) is 21.6. The van der Waals surface area contributed by atoms with Crippen molar-refractivity contribution in [2.45, 2.75) is 45.7 Å². The van der Waals surface area contributed by atoms with Crippen LogP contribution in [0.3, 0.4) is 0 Å². The van der Waals surface area contributed by atoms with Gasteiger partial charge in [0.15, 0.2) is 0 Å². The van der Waals surface area contributed by atoms with E-state index >= 15 is 0 Å². The average Bonchev–Trinajstić information content (AvgIpc) is 3.13. The van der Waals surface area contributed by atoms with E-state index in [1.54, 1.807) is 0 Å². The Bertz CT molecular complexity index is 926. The molecule has 3 nitrogen and oxygen atoms in total. The quantitative estimate of drug-likeness (QED) is 0.457. The van der Waals surface area contributed by atoms with Crippen LogP contribution in [-0.4, -0.2) is 41.4 Å². The molecule has 0 bridgehead atoms. The number of likely N-dealkylation sites (tertiary alicyclic amines) is 2. The van der Waals surface area contributed by atoms with Crippen LogP contribution < -0.4 is 0 Å². The highest BCUT2D eigenvalue weighted by Gasteiger charge is 2.35. The number of nitrogens with zero attached hydrogens (tertiary/aromatic N) is 2. The Morgan fingerprint density at radius 1 is 1.00 bits per heavy atom. The lowest BCUT2D eigenvalue weighted by molar-refractivity contribution is -0.125. The zero-order valence-electron chi connectivity index (χ0n) is 18.8. The fourth-order valence-corrected chi connectivity index (χ4v) is 4.86. The van der Waals surface area contributed by atoms with Gasteiger partial charge in [-0.2, -0.15) is 0 Å². The summed E-state index contributed by atoms with van der Waals surface area (Å²) in [7, 11) is 0. The SMILES string of the molecule is C/C(=C1\C(=O)N(Cc2ccccc2)CC1/C=C/C(C)N1CCCCC1)c1ccccc1. The molecule has 2 atom stereocenters. The summed E-state index contributed by atoms with van der Waals surface area (Å²) in [6.45, 7) is 8.16. The van der Waals surface area contributed by atoms with Crippen LogP contribution in [0.1, 0.15) is 44.2 Å². The molecule has 2 aromatic carbocycles. The first-order chi connectivity index (χ1) is 15.1. The van der Waals surface area contributed by atoms with Crippen molar-refractivity contribution >= 4 is 11.5 Å². The number of carbonyl (C=O) groups is 1. The van der Waals surface area contributed by atoms with E-state index in [0.29, 0.717) is 12.6 Å². The lowest BCUT2D eigenvalue weighted by Gasteiger charge is -2.30. The number of hydrogen-bond donors (Lipinski definition) is 0. The van der Waals surface area contributed by atoms with Crippen molar-refractivity contribution in [3.05, 3.63) is 89.5 Å². The van der Waals surface area contributed by atoms with E-state index in [1.807, 2.05) is 41.3 Å². The zero-order valence-corrected chi connectivity index (χ0v) is 18.8. The summed E-state index contributed by atoms with van der Waals surface area (Å²) < 4.78 is 0. The van der Waals surface area contributed by atoms with E-state index in [9.17, 15) is 4.79 Å². The lowest BCUT2D eigenvalue weighted by atomic mass is 9.92. The molecule has 2 aliphatic rings. The summed E-state index contributed by atoms with van der Waals surface area (Å²) in [5.74, 6) is 0.300. The number of rotatable bonds is 6. The largest absolute Gasteiger partial charge is 0.334 e. The molecule has 2 saturated heterocycles. The molecule has 3 heteroatoms. The van der Waals surface area contributed by atoms with Crippen LogP contribution in [0.2, 0.25) is 0 Å². The number of hydrogen-bond acceptors (Lipinski definition) is 2. The molecule has 2 aliphatic heterocycles. The fourth-order valence-electron chi connectivity index (χ4n) is 4.86. The smallest absolute Gasteiger partial charge is 0.251 e. The molecule has 0 N–H and O–H groups in total. The maximum atomic E-state index is 13.5. The van der Waals surface area contributed by atoms with Gasteiger partial charge in [-0.1, -0.05) is 79.2 Å². The Labute approximate surface area is 187 Å². The molecular weight excluding hydrogens is 380 g/mol. The van der Waals surface area contributed by atoms with Gasteiger partial charge in [-0.3, -0.25) is 9.69 Å². The molecule has 0 aromatic heterocycles. The van der Waals surface area contributed by atoms with E-state index in [0.717, 1.165) is 23.3 Å². The molecule has 0 saturated carbocycles. The van der Waals surface area contributed by atoms with Gasteiger partial charge in [0.1, 0.15) is 0 Å². The Balaban J connectivity index is 1.60. The third-order valence-corrected chi connectivity index (χ3v) is 6.72. The molecule has 162 valence electrons. The normalized spacial score (nSPS) is 22.8. The number of amides is 1. The maximum absolute atomic E-state index is 13.5. The minimum Gasteiger partial charge on any atom is -0.334 e. The topological polar surface area (TPSA) is 23.6 Å². The highest BCUT2D eigenvalue weighted by atomic mass is 16.2. The molecule has 2 unspecified atom stereocenters. The van der Waals surface area contributed by atoms with E-state index in [-0.39, 0.29) is 11.8 Å². The second-order valence-electron chi connectivity index (χ2n) is 8.90. The molecular formula is C28H34N2O. The Morgan fingerprint density at radius 2 is 1.65 bits per heavy atom. The van der Waals surface area contributed by atoms with E-state index in [2.05, 4.69) is 55.2 Å². The van der Waals surface area contributed by atoms with Gasteiger partial charge in [-0.25, -0.2) is 0 Å². The highest BCUT2D eigenvalue weighted by Crippen LogP contribution is 2.33. The number of benzene rings is 2. The fraction of sp³-hybridized carbons (Fsp3) is 0.393. The highest BCUT2D eigenvalue weighted by molar-refractivity contribution is 6.03. The Hall–Kier alpha value is -2.65. The van der Waals surface area contributed by atoms with Crippen molar-refractivity contribution in [2.24, 2.45) is 5.92 Å². The molecule has 0 aliphatic carbocycles.